The van der Waals surface area contributed by atoms with Gasteiger partial charge in [-0.1, -0.05) is 13.0 Å². The fourth-order valence-corrected chi connectivity index (χ4v) is 5.13. The molecule has 0 N–H and O–H groups in total. The van der Waals surface area contributed by atoms with Crippen LogP contribution in [0, 0.1) is 5.92 Å². The highest BCUT2D eigenvalue weighted by atomic mass is 32.2. The summed E-state index contributed by atoms with van der Waals surface area (Å²) in [7, 11) is 1.71. The zero-order valence-corrected chi connectivity index (χ0v) is 18.1. The van der Waals surface area contributed by atoms with Crippen LogP contribution in [0.5, 0.6) is 11.5 Å². The third-order valence-corrected chi connectivity index (χ3v) is 7.19. The van der Waals surface area contributed by atoms with Gasteiger partial charge in [-0.3, -0.25) is 4.79 Å². The summed E-state index contributed by atoms with van der Waals surface area (Å²) in [5.74, 6) is 1.22. The molecule has 1 saturated heterocycles. The molecule has 1 aliphatic heterocycles. The molecule has 1 heterocycles. The quantitative estimate of drug-likeness (QED) is 0.621. The number of piperidine rings is 1. The van der Waals surface area contributed by atoms with Gasteiger partial charge in [0.1, 0.15) is 0 Å². The van der Waals surface area contributed by atoms with E-state index >= 15 is 0 Å². The summed E-state index contributed by atoms with van der Waals surface area (Å²) < 4.78 is 36.7. The van der Waals surface area contributed by atoms with Gasteiger partial charge >= 0.3 is 0 Å². The van der Waals surface area contributed by atoms with Crippen molar-refractivity contribution in [3.63, 3.8) is 0 Å². The minimum atomic E-state index is -3.26. The fourth-order valence-electron chi connectivity index (χ4n) is 3.54. The van der Waals surface area contributed by atoms with Gasteiger partial charge in [0.2, 0.25) is 15.9 Å². The van der Waals surface area contributed by atoms with Crippen LogP contribution >= 0.6 is 0 Å². The van der Waals surface area contributed by atoms with E-state index in [1.807, 2.05) is 25.1 Å². The van der Waals surface area contributed by atoms with Crippen molar-refractivity contribution in [2.24, 2.45) is 5.92 Å². The molecule has 0 saturated carbocycles. The van der Waals surface area contributed by atoms with Crippen molar-refractivity contribution < 1.29 is 22.7 Å². The minimum Gasteiger partial charge on any atom is -0.493 e. The smallest absolute Gasteiger partial charge is 0.226 e. The number of carbonyl (C=O) groups is 1. The first-order valence-electron chi connectivity index (χ1n) is 9.76. The summed E-state index contributed by atoms with van der Waals surface area (Å²) in [6, 6.07) is 5.73. The standard InChI is InChI=1S/C20H32N2O5S/c1-5-13-28(24,25)22-11-6-7-17(15-22)20(23)21(2)12-10-16-8-9-18(26-3)19(14-16)27-4/h8-9,14,17H,5-7,10-13,15H2,1-4H3. The summed E-state index contributed by atoms with van der Waals surface area (Å²) >= 11 is 0. The molecule has 1 unspecified atom stereocenters. The molecule has 8 heteroatoms. The summed E-state index contributed by atoms with van der Waals surface area (Å²) in [4.78, 5) is 14.5. The fraction of sp³-hybridized carbons (Fsp3) is 0.650. The first-order valence-corrected chi connectivity index (χ1v) is 11.4. The molecule has 0 aliphatic carbocycles. The second kappa shape index (κ2) is 10.1. The Morgan fingerprint density at radius 1 is 1.25 bits per heavy atom. The number of rotatable bonds is 9. The van der Waals surface area contributed by atoms with Crippen LogP contribution in [0.25, 0.3) is 0 Å². The van der Waals surface area contributed by atoms with Crippen molar-refractivity contribution in [3.8, 4) is 11.5 Å². The maximum absolute atomic E-state index is 12.8. The van der Waals surface area contributed by atoms with E-state index in [0.29, 0.717) is 44.0 Å². The van der Waals surface area contributed by atoms with E-state index in [4.69, 9.17) is 9.47 Å². The average molecular weight is 413 g/mol. The molecule has 1 fully saturated rings. The van der Waals surface area contributed by atoms with Gasteiger partial charge in [-0.15, -0.1) is 0 Å². The second-order valence-corrected chi connectivity index (χ2v) is 9.30. The second-order valence-electron chi connectivity index (χ2n) is 7.21. The van der Waals surface area contributed by atoms with Gasteiger partial charge in [0.15, 0.2) is 11.5 Å². The third kappa shape index (κ3) is 5.61. The van der Waals surface area contributed by atoms with E-state index in [-0.39, 0.29) is 17.6 Å². The molecule has 0 bridgehead atoms. The van der Waals surface area contributed by atoms with E-state index in [1.165, 1.54) is 4.31 Å². The number of nitrogens with zero attached hydrogens (tertiary/aromatic N) is 2. The monoisotopic (exact) mass is 412 g/mol. The van der Waals surface area contributed by atoms with Crippen molar-refractivity contribution in [2.75, 3.05) is 46.7 Å². The van der Waals surface area contributed by atoms with Crippen LogP contribution in [-0.2, 0) is 21.2 Å². The Balaban J connectivity index is 1.95. The highest BCUT2D eigenvalue weighted by Crippen LogP contribution is 2.28. The van der Waals surface area contributed by atoms with Gasteiger partial charge in [0.25, 0.3) is 0 Å². The van der Waals surface area contributed by atoms with Gasteiger partial charge in [0.05, 0.1) is 25.9 Å². The molecular formula is C20H32N2O5S. The van der Waals surface area contributed by atoms with Crippen LogP contribution in [0.15, 0.2) is 18.2 Å². The average Bonchev–Trinajstić information content (AvgIpc) is 2.71. The van der Waals surface area contributed by atoms with E-state index in [2.05, 4.69) is 0 Å². The first-order chi connectivity index (χ1) is 13.3. The van der Waals surface area contributed by atoms with Gasteiger partial charge in [-0.05, 0) is 43.4 Å². The van der Waals surface area contributed by atoms with Crippen LogP contribution in [-0.4, -0.2) is 70.2 Å². The molecule has 1 aromatic carbocycles. The maximum atomic E-state index is 12.8. The normalized spacial score (nSPS) is 17.9. The lowest BCUT2D eigenvalue weighted by Gasteiger charge is -2.33. The highest BCUT2D eigenvalue weighted by Gasteiger charge is 2.33. The lowest BCUT2D eigenvalue weighted by Crippen LogP contribution is -2.46. The van der Waals surface area contributed by atoms with Crippen LogP contribution in [0.1, 0.15) is 31.7 Å². The molecule has 28 heavy (non-hydrogen) atoms. The Labute approximate surface area is 168 Å². The maximum Gasteiger partial charge on any atom is 0.226 e. The number of benzene rings is 1. The SMILES string of the molecule is CCCS(=O)(=O)N1CCCC(C(=O)N(C)CCc2ccc(OC)c(OC)c2)C1. The molecule has 0 radical (unpaired) electrons. The largest absolute Gasteiger partial charge is 0.493 e. The van der Waals surface area contributed by atoms with Crippen molar-refractivity contribution in [3.05, 3.63) is 23.8 Å². The molecule has 7 nitrogen and oxygen atoms in total. The van der Waals surface area contributed by atoms with E-state index in [0.717, 1.165) is 18.4 Å². The Morgan fingerprint density at radius 3 is 2.61 bits per heavy atom. The summed E-state index contributed by atoms with van der Waals surface area (Å²) in [5, 5.41) is 0. The van der Waals surface area contributed by atoms with Crippen LogP contribution in [0.4, 0.5) is 0 Å². The van der Waals surface area contributed by atoms with Gasteiger partial charge in [-0.2, -0.15) is 0 Å². The number of hydrogen-bond donors (Lipinski definition) is 0. The van der Waals surface area contributed by atoms with Crippen molar-refractivity contribution in [1.29, 1.82) is 0 Å². The Kier molecular flexibility index (Phi) is 8.12. The number of ether oxygens (including phenoxy) is 2. The Bertz CT molecular complexity index is 766. The Hall–Kier alpha value is -1.80. The van der Waals surface area contributed by atoms with Gasteiger partial charge < -0.3 is 14.4 Å². The molecule has 1 aliphatic rings. The van der Waals surface area contributed by atoms with E-state index in [9.17, 15) is 13.2 Å². The molecule has 1 amide bonds. The number of hydrogen-bond acceptors (Lipinski definition) is 5. The van der Waals surface area contributed by atoms with E-state index in [1.54, 1.807) is 26.2 Å². The van der Waals surface area contributed by atoms with Gasteiger partial charge in [0, 0.05) is 26.7 Å². The molecule has 1 aromatic rings. The molecule has 0 spiro atoms. The van der Waals surface area contributed by atoms with Crippen LogP contribution in [0.2, 0.25) is 0 Å². The lowest BCUT2D eigenvalue weighted by atomic mass is 9.98. The number of carbonyl (C=O) groups excluding carboxylic acids is 1. The van der Waals surface area contributed by atoms with Crippen LogP contribution in [0.3, 0.4) is 0 Å². The molecule has 158 valence electrons. The first kappa shape index (κ1) is 22.5. The summed E-state index contributed by atoms with van der Waals surface area (Å²) in [6.45, 7) is 3.22. The number of sulfonamides is 1. The zero-order valence-electron chi connectivity index (χ0n) is 17.3. The third-order valence-electron chi connectivity index (χ3n) is 5.15. The topological polar surface area (TPSA) is 76.2 Å². The minimum absolute atomic E-state index is 0.0110. The highest BCUT2D eigenvalue weighted by molar-refractivity contribution is 7.89. The van der Waals surface area contributed by atoms with Gasteiger partial charge in [-0.25, -0.2) is 12.7 Å². The molecule has 0 aromatic heterocycles. The molecule has 2 rings (SSSR count). The molecular weight excluding hydrogens is 380 g/mol. The summed E-state index contributed by atoms with van der Waals surface area (Å²) in [6.07, 6.45) is 2.73. The lowest BCUT2D eigenvalue weighted by molar-refractivity contribution is -0.135. The molecule has 1 atom stereocenters. The zero-order chi connectivity index (χ0) is 20.7. The van der Waals surface area contributed by atoms with Crippen molar-refractivity contribution in [1.82, 2.24) is 9.21 Å². The predicted molar refractivity (Wildman–Crippen MR) is 109 cm³/mol. The van der Waals surface area contributed by atoms with E-state index < -0.39 is 10.0 Å². The Morgan fingerprint density at radius 2 is 1.96 bits per heavy atom. The van der Waals surface area contributed by atoms with Crippen molar-refractivity contribution in [2.45, 2.75) is 32.6 Å². The summed E-state index contributed by atoms with van der Waals surface area (Å²) in [5.41, 5.74) is 1.05. The predicted octanol–water partition coefficient (Wildman–Crippen LogP) is 2.16. The van der Waals surface area contributed by atoms with Crippen LogP contribution < -0.4 is 9.47 Å². The number of amides is 1. The number of methoxy groups -OCH3 is 2. The van der Waals surface area contributed by atoms with Crippen molar-refractivity contribution >= 4 is 15.9 Å². The number of likely N-dealkylation sites (N-methyl/N-ethyl adjacent to an activating group) is 1.